The molecule has 2 rings (SSSR count). The highest BCUT2D eigenvalue weighted by molar-refractivity contribution is 6.74. The number of pyridine rings is 1. The summed E-state index contributed by atoms with van der Waals surface area (Å²) in [5.41, 5.74) is 0.136. The monoisotopic (exact) mass is 378 g/mol. The Balaban J connectivity index is 2.47. The molecule has 0 radical (unpaired) electrons. The zero-order valence-electron chi connectivity index (χ0n) is 15.8. The fourth-order valence-electron chi connectivity index (χ4n) is 2.39. The molecule has 1 aromatic heterocycles. The molecule has 26 heavy (non-hydrogen) atoms. The van der Waals surface area contributed by atoms with Crippen LogP contribution in [-0.4, -0.2) is 41.6 Å². The molecular formula is C18H26N2O5Si. The van der Waals surface area contributed by atoms with E-state index in [9.17, 15) is 15.2 Å². The van der Waals surface area contributed by atoms with Crippen molar-refractivity contribution in [2.75, 3.05) is 0 Å². The third-order valence-corrected chi connectivity index (χ3v) is 9.46. The molecule has 142 valence electrons. The van der Waals surface area contributed by atoms with Crippen molar-refractivity contribution < 1.29 is 19.2 Å². The van der Waals surface area contributed by atoms with Crippen molar-refractivity contribution in [3.8, 4) is 0 Å². The predicted molar refractivity (Wildman–Crippen MR) is 102 cm³/mol. The van der Waals surface area contributed by atoms with Gasteiger partial charge in [0.15, 0.2) is 8.32 Å². The molecule has 0 saturated heterocycles. The molecule has 7 nitrogen and oxygen atoms in total. The van der Waals surface area contributed by atoms with E-state index in [1.807, 2.05) is 0 Å². The number of aliphatic hydroxyl groups excluding tert-OH is 1. The Morgan fingerprint density at radius 2 is 2.12 bits per heavy atom. The van der Waals surface area contributed by atoms with Crippen molar-refractivity contribution in [1.82, 2.24) is 4.98 Å². The summed E-state index contributed by atoms with van der Waals surface area (Å²) in [6.07, 6.45) is 3.43. The Labute approximate surface area is 154 Å². The summed E-state index contributed by atoms with van der Waals surface area (Å²) in [6, 6.07) is 1.52. The second kappa shape index (κ2) is 7.30. The first kappa shape index (κ1) is 20.3. The smallest absolute Gasteiger partial charge is 0.298 e. The molecule has 3 unspecified atom stereocenters. The minimum absolute atomic E-state index is 0.0502. The van der Waals surface area contributed by atoms with E-state index in [-0.39, 0.29) is 16.5 Å². The summed E-state index contributed by atoms with van der Waals surface area (Å²) in [6.45, 7) is 14.2. The van der Waals surface area contributed by atoms with Crippen LogP contribution in [0.25, 0.3) is 5.76 Å². The average Bonchev–Trinajstić information content (AvgIpc) is 2.55. The lowest BCUT2D eigenvalue weighted by Crippen LogP contribution is -2.50. The Bertz CT molecular complexity index is 727. The van der Waals surface area contributed by atoms with Crippen LogP contribution >= 0.6 is 0 Å². The van der Waals surface area contributed by atoms with Crippen LogP contribution in [0.15, 0.2) is 37.2 Å². The third kappa shape index (κ3) is 4.03. The van der Waals surface area contributed by atoms with E-state index in [2.05, 4.69) is 45.4 Å². The highest BCUT2D eigenvalue weighted by atomic mass is 28.4. The predicted octanol–water partition coefficient (Wildman–Crippen LogP) is 3.67. The van der Waals surface area contributed by atoms with Crippen LogP contribution in [0.1, 0.15) is 26.3 Å². The second-order valence-corrected chi connectivity index (χ2v) is 12.6. The lowest BCUT2D eigenvalue weighted by Gasteiger charge is -2.42. The van der Waals surface area contributed by atoms with Gasteiger partial charge in [0.25, 0.3) is 5.69 Å². The maximum Gasteiger partial charge on any atom is 0.298 e. The average molecular weight is 379 g/mol. The van der Waals surface area contributed by atoms with E-state index >= 15 is 0 Å². The topological polar surface area (TPSA) is 94.7 Å². The van der Waals surface area contributed by atoms with Crippen molar-refractivity contribution in [3.63, 3.8) is 0 Å². The van der Waals surface area contributed by atoms with Crippen LogP contribution in [0, 0.1) is 10.1 Å². The summed E-state index contributed by atoms with van der Waals surface area (Å²) in [7, 11) is -2.18. The maximum absolute atomic E-state index is 11.3. The van der Waals surface area contributed by atoms with Gasteiger partial charge in [0, 0.05) is 6.20 Å². The summed E-state index contributed by atoms with van der Waals surface area (Å²) in [5.74, 6) is 0.290. The second-order valence-electron chi connectivity index (χ2n) is 7.83. The molecule has 0 aliphatic carbocycles. The Morgan fingerprint density at radius 1 is 1.46 bits per heavy atom. The molecule has 1 aliphatic rings. The maximum atomic E-state index is 11.3. The number of hydrogen-bond donors (Lipinski definition) is 1. The van der Waals surface area contributed by atoms with Crippen LogP contribution in [0.4, 0.5) is 5.69 Å². The van der Waals surface area contributed by atoms with E-state index in [1.165, 1.54) is 24.5 Å². The van der Waals surface area contributed by atoms with Gasteiger partial charge in [-0.2, -0.15) is 0 Å². The molecule has 0 bridgehead atoms. The van der Waals surface area contributed by atoms with Gasteiger partial charge in [-0.3, -0.25) is 15.1 Å². The Kier molecular flexibility index (Phi) is 5.69. The van der Waals surface area contributed by atoms with Gasteiger partial charge in [-0.25, -0.2) is 0 Å². The lowest BCUT2D eigenvalue weighted by molar-refractivity contribution is -0.385. The normalized spacial score (nSPS) is 23.8. The zero-order chi connectivity index (χ0) is 19.7. The van der Waals surface area contributed by atoms with Crippen molar-refractivity contribution >= 4 is 19.8 Å². The molecule has 3 atom stereocenters. The van der Waals surface area contributed by atoms with Gasteiger partial charge in [0.05, 0.1) is 16.6 Å². The molecule has 1 N–H and O–H groups in total. The molecule has 0 fully saturated rings. The number of ether oxygens (including phenoxy) is 1. The number of nitrogens with zero attached hydrogens (tertiary/aromatic N) is 2. The highest BCUT2D eigenvalue weighted by Gasteiger charge is 2.43. The van der Waals surface area contributed by atoms with Crippen LogP contribution in [0.5, 0.6) is 0 Å². The summed E-state index contributed by atoms with van der Waals surface area (Å²) in [5, 5.41) is 21.9. The van der Waals surface area contributed by atoms with E-state index in [4.69, 9.17) is 9.16 Å². The van der Waals surface area contributed by atoms with Crippen molar-refractivity contribution in [1.29, 1.82) is 0 Å². The minimum Gasteiger partial charge on any atom is -0.483 e. The molecule has 2 heterocycles. The number of rotatable bonds is 5. The molecule has 0 amide bonds. The van der Waals surface area contributed by atoms with Gasteiger partial charge in [-0.05, 0) is 36.4 Å². The van der Waals surface area contributed by atoms with Gasteiger partial charge in [0.1, 0.15) is 24.2 Å². The van der Waals surface area contributed by atoms with Gasteiger partial charge in [0.2, 0.25) is 0 Å². The first-order valence-corrected chi connectivity index (χ1v) is 11.3. The molecular weight excluding hydrogens is 352 g/mol. The largest absolute Gasteiger partial charge is 0.483 e. The van der Waals surface area contributed by atoms with Gasteiger partial charge < -0.3 is 14.3 Å². The lowest BCUT2D eigenvalue weighted by atomic mass is 10.0. The van der Waals surface area contributed by atoms with Crippen molar-refractivity contribution in [3.05, 3.63) is 52.9 Å². The summed E-state index contributed by atoms with van der Waals surface area (Å²) < 4.78 is 12.1. The quantitative estimate of drug-likeness (QED) is 0.364. The molecule has 8 heteroatoms. The molecule has 0 saturated carbocycles. The van der Waals surface area contributed by atoms with Gasteiger partial charge in [-0.1, -0.05) is 27.4 Å². The molecule has 1 aliphatic heterocycles. The van der Waals surface area contributed by atoms with E-state index < -0.39 is 31.6 Å². The zero-order valence-corrected chi connectivity index (χ0v) is 16.8. The van der Waals surface area contributed by atoms with E-state index in [1.54, 1.807) is 6.08 Å². The fraction of sp³-hybridized carbons (Fsp3) is 0.500. The Hall–Kier alpha value is -2.03. The summed E-state index contributed by atoms with van der Waals surface area (Å²) in [4.78, 5) is 14.6. The third-order valence-electron chi connectivity index (χ3n) is 4.98. The number of hydrogen-bond acceptors (Lipinski definition) is 6. The number of aromatic nitrogens is 1. The number of nitro groups is 1. The SMILES string of the molecule is C=CC1OC(c2ccncc2[N+](=O)[O-])=CC(O[Si](C)(C)C(C)(C)C)C1O. The Morgan fingerprint density at radius 3 is 2.65 bits per heavy atom. The van der Waals surface area contributed by atoms with E-state index in [0.29, 0.717) is 5.56 Å². The molecule has 0 spiro atoms. The van der Waals surface area contributed by atoms with Crippen LogP contribution < -0.4 is 0 Å². The molecule has 1 aromatic rings. The van der Waals surface area contributed by atoms with Crippen molar-refractivity contribution in [2.45, 2.75) is 57.2 Å². The first-order valence-electron chi connectivity index (χ1n) is 8.43. The van der Waals surface area contributed by atoms with Crippen LogP contribution in [0.2, 0.25) is 18.1 Å². The highest BCUT2D eigenvalue weighted by Crippen LogP contribution is 2.40. The van der Waals surface area contributed by atoms with Gasteiger partial charge >= 0.3 is 0 Å². The minimum atomic E-state index is -2.18. The first-order chi connectivity index (χ1) is 12.0. The van der Waals surface area contributed by atoms with Crippen molar-refractivity contribution in [2.24, 2.45) is 0 Å². The summed E-state index contributed by atoms with van der Waals surface area (Å²) >= 11 is 0. The van der Waals surface area contributed by atoms with Crippen LogP contribution in [-0.2, 0) is 9.16 Å². The fourth-order valence-corrected chi connectivity index (χ4v) is 3.63. The van der Waals surface area contributed by atoms with Crippen LogP contribution in [0.3, 0.4) is 0 Å². The van der Waals surface area contributed by atoms with Gasteiger partial charge in [-0.15, -0.1) is 0 Å². The molecule has 0 aromatic carbocycles. The number of aliphatic hydroxyl groups is 1. The standard InChI is InChI=1S/C18H26N2O5Si/c1-7-14-17(21)16(25-26(5,6)18(2,3)4)10-15(24-14)12-8-9-19-11-13(12)20(22)23/h7-11,14,16-17,21H,1H2,2-6H3. The van der Waals surface area contributed by atoms with E-state index in [0.717, 1.165) is 0 Å².